The summed E-state index contributed by atoms with van der Waals surface area (Å²) in [5.74, 6) is 8.20. The molecule has 4 heteroatoms. The first-order chi connectivity index (χ1) is 10.3. The first kappa shape index (κ1) is 14.4. The molecule has 1 heterocycles. The third kappa shape index (κ3) is 2.79. The van der Waals surface area contributed by atoms with Crippen LogP contribution in [0.2, 0.25) is 0 Å². The number of benzene rings is 2. The lowest BCUT2D eigenvalue weighted by Crippen LogP contribution is -2.33. The molecule has 3 nitrogen and oxygen atoms in total. The fourth-order valence-corrected chi connectivity index (χ4v) is 4.20. The van der Waals surface area contributed by atoms with E-state index in [0.29, 0.717) is 12.5 Å². The van der Waals surface area contributed by atoms with Gasteiger partial charge in [0.1, 0.15) is 5.75 Å². The second kappa shape index (κ2) is 6.52. The molecule has 0 bridgehead atoms. The van der Waals surface area contributed by atoms with Crippen LogP contribution in [0.25, 0.3) is 0 Å². The Morgan fingerprint density at radius 1 is 1.24 bits per heavy atom. The molecular weight excluding hydrogens is 280 g/mol. The monoisotopic (exact) mass is 300 g/mol. The highest BCUT2D eigenvalue weighted by molar-refractivity contribution is 7.99. The highest BCUT2D eigenvalue weighted by atomic mass is 32.2. The van der Waals surface area contributed by atoms with Crippen LogP contribution in [0.1, 0.15) is 30.0 Å². The molecule has 0 aliphatic carbocycles. The minimum atomic E-state index is 0.0592. The van der Waals surface area contributed by atoms with Crippen LogP contribution in [-0.4, -0.2) is 12.4 Å². The van der Waals surface area contributed by atoms with E-state index in [1.165, 1.54) is 10.5 Å². The molecule has 0 aromatic heterocycles. The van der Waals surface area contributed by atoms with E-state index < -0.39 is 0 Å². The summed E-state index contributed by atoms with van der Waals surface area (Å²) < 4.78 is 5.76. The van der Waals surface area contributed by atoms with Crippen LogP contribution in [0.5, 0.6) is 5.75 Å². The zero-order chi connectivity index (χ0) is 14.7. The van der Waals surface area contributed by atoms with Crippen molar-refractivity contribution in [2.45, 2.75) is 23.8 Å². The quantitative estimate of drug-likeness (QED) is 0.655. The van der Waals surface area contributed by atoms with E-state index in [1.54, 1.807) is 0 Å². The van der Waals surface area contributed by atoms with E-state index in [2.05, 4.69) is 35.8 Å². The lowest BCUT2D eigenvalue weighted by atomic mass is 9.88. The Bertz CT molecular complexity index is 617. The summed E-state index contributed by atoms with van der Waals surface area (Å²) in [6.07, 6.45) is 0. The Morgan fingerprint density at radius 2 is 2.00 bits per heavy atom. The van der Waals surface area contributed by atoms with Gasteiger partial charge in [-0.1, -0.05) is 36.4 Å². The number of para-hydroxylation sites is 1. The van der Waals surface area contributed by atoms with Gasteiger partial charge in [0.25, 0.3) is 0 Å². The zero-order valence-electron chi connectivity index (χ0n) is 12.1. The average molecular weight is 300 g/mol. The van der Waals surface area contributed by atoms with Gasteiger partial charge in [0.2, 0.25) is 0 Å². The second-order valence-corrected chi connectivity index (χ2v) is 6.13. The first-order valence-corrected chi connectivity index (χ1v) is 8.23. The highest BCUT2D eigenvalue weighted by Crippen LogP contribution is 2.46. The molecule has 0 radical (unpaired) electrons. The molecule has 0 amide bonds. The number of nitrogens with one attached hydrogen (secondary N) is 1. The van der Waals surface area contributed by atoms with Crippen LogP contribution in [0.4, 0.5) is 0 Å². The van der Waals surface area contributed by atoms with E-state index >= 15 is 0 Å². The van der Waals surface area contributed by atoms with Gasteiger partial charge in [-0.2, -0.15) is 0 Å². The molecule has 21 heavy (non-hydrogen) atoms. The molecular formula is C17H20N2OS. The molecule has 1 aliphatic heterocycles. The number of hydrogen-bond donors (Lipinski definition) is 2. The molecule has 0 fully saturated rings. The minimum Gasteiger partial charge on any atom is -0.494 e. The molecule has 0 saturated heterocycles. The minimum absolute atomic E-state index is 0.0592. The SMILES string of the molecule is CCOc1ccccc1C(NN)C1CSc2ccccc21. The van der Waals surface area contributed by atoms with Gasteiger partial charge >= 0.3 is 0 Å². The smallest absolute Gasteiger partial charge is 0.124 e. The van der Waals surface area contributed by atoms with Crippen molar-refractivity contribution in [2.24, 2.45) is 5.84 Å². The van der Waals surface area contributed by atoms with Crippen molar-refractivity contribution in [3.63, 3.8) is 0 Å². The van der Waals surface area contributed by atoms with E-state index in [1.807, 2.05) is 36.9 Å². The Hall–Kier alpha value is -1.49. The summed E-state index contributed by atoms with van der Waals surface area (Å²) in [6, 6.07) is 16.8. The molecule has 1 aliphatic rings. The van der Waals surface area contributed by atoms with Crippen LogP contribution in [0.15, 0.2) is 53.4 Å². The van der Waals surface area contributed by atoms with Crippen LogP contribution in [-0.2, 0) is 0 Å². The summed E-state index contributed by atoms with van der Waals surface area (Å²) in [4.78, 5) is 1.36. The number of hydrazine groups is 1. The summed E-state index contributed by atoms with van der Waals surface area (Å²) in [7, 11) is 0. The van der Waals surface area contributed by atoms with E-state index in [-0.39, 0.29) is 6.04 Å². The second-order valence-electron chi connectivity index (χ2n) is 5.07. The van der Waals surface area contributed by atoms with Gasteiger partial charge in [0.05, 0.1) is 12.6 Å². The number of fused-ring (bicyclic) bond motifs is 1. The highest BCUT2D eigenvalue weighted by Gasteiger charge is 2.32. The van der Waals surface area contributed by atoms with Crippen molar-refractivity contribution in [2.75, 3.05) is 12.4 Å². The number of rotatable bonds is 5. The van der Waals surface area contributed by atoms with Crippen LogP contribution < -0.4 is 16.0 Å². The van der Waals surface area contributed by atoms with Gasteiger partial charge in [-0.25, -0.2) is 0 Å². The van der Waals surface area contributed by atoms with Crippen molar-refractivity contribution in [1.82, 2.24) is 5.43 Å². The number of ether oxygens (including phenoxy) is 1. The van der Waals surface area contributed by atoms with Crippen molar-refractivity contribution in [1.29, 1.82) is 0 Å². The lowest BCUT2D eigenvalue weighted by Gasteiger charge is -2.25. The molecule has 0 saturated carbocycles. The number of hydrogen-bond acceptors (Lipinski definition) is 4. The Kier molecular flexibility index (Phi) is 4.48. The average Bonchev–Trinajstić information content (AvgIpc) is 2.94. The number of nitrogens with two attached hydrogens (primary N) is 1. The molecule has 2 aromatic carbocycles. The summed E-state index contributed by atoms with van der Waals surface area (Å²) in [6.45, 7) is 2.66. The summed E-state index contributed by atoms with van der Waals surface area (Å²) in [5, 5.41) is 0. The molecule has 3 rings (SSSR count). The van der Waals surface area contributed by atoms with Crippen molar-refractivity contribution in [3.05, 3.63) is 59.7 Å². The maximum Gasteiger partial charge on any atom is 0.124 e. The normalized spacial score (nSPS) is 18.3. The van der Waals surface area contributed by atoms with Gasteiger partial charge in [0.15, 0.2) is 0 Å². The molecule has 2 aromatic rings. The third-order valence-corrected chi connectivity index (χ3v) is 5.08. The molecule has 110 valence electrons. The Balaban J connectivity index is 1.97. The molecule has 2 atom stereocenters. The maximum absolute atomic E-state index is 5.89. The van der Waals surface area contributed by atoms with Crippen molar-refractivity contribution in [3.8, 4) is 5.75 Å². The Morgan fingerprint density at radius 3 is 2.81 bits per heavy atom. The molecule has 0 spiro atoms. The third-order valence-electron chi connectivity index (χ3n) is 3.87. The molecule has 3 N–H and O–H groups in total. The van der Waals surface area contributed by atoms with E-state index in [9.17, 15) is 0 Å². The van der Waals surface area contributed by atoms with Gasteiger partial charge in [-0.15, -0.1) is 11.8 Å². The van der Waals surface area contributed by atoms with E-state index in [0.717, 1.165) is 17.1 Å². The van der Waals surface area contributed by atoms with Crippen LogP contribution in [0, 0.1) is 0 Å². The van der Waals surface area contributed by atoms with Gasteiger partial charge < -0.3 is 4.74 Å². The standard InChI is InChI=1S/C17H20N2OS/c1-2-20-15-9-5-3-8-13(15)17(19-18)14-11-21-16-10-6-4-7-12(14)16/h3-10,14,17,19H,2,11,18H2,1H3. The van der Waals surface area contributed by atoms with Gasteiger partial charge in [-0.05, 0) is 24.6 Å². The van der Waals surface area contributed by atoms with Crippen LogP contribution in [0.3, 0.4) is 0 Å². The van der Waals surface area contributed by atoms with Gasteiger partial charge in [-0.3, -0.25) is 11.3 Å². The van der Waals surface area contributed by atoms with Crippen molar-refractivity contribution >= 4 is 11.8 Å². The first-order valence-electron chi connectivity index (χ1n) is 7.24. The largest absolute Gasteiger partial charge is 0.494 e. The predicted octanol–water partition coefficient (Wildman–Crippen LogP) is 3.48. The zero-order valence-corrected chi connectivity index (χ0v) is 12.9. The maximum atomic E-state index is 5.89. The van der Waals surface area contributed by atoms with Gasteiger partial charge in [0, 0.05) is 22.1 Å². The van der Waals surface area contributed by atoms with E-state index in [4.69, 9.17) is 10.6 Å². The van der Waals surface area contributed by atoms with Crippen LogP contribution >= 0.6 is 11.8 Å². The summed E-state index contributed by atoms with van der Waals surface area (Å²) >= 11 is 1.90. The van der Waals surface area contributed by atoms with Crippen molar-refractivity contribution < 1.29 is 4.74 Å². The molecule has 2 unspecified atom stereocenters. The number of thioether (sulfide) groups is 1. The Labute approximate surface area is 129 Å². The lowest BCUT2D eigenvalue weighted by molar-refractivity contribution is 0.328. The topological polar surface area (TPSA) is 47.3 Å². The fourth-order valence-electron chi connectivity index (χ4n) is 2.91. The predicted molar refractivity (Wildman–Crippen MR) is 87.6 cm³/mol. The fraction of sp³-hybridized carbons (Fsp3) is 0.294. The summed E-state index contributed by atoms with van der Waals surface area (Å²) in [5.41, 5.74) is 5.51.